The number of amides is 2. The van der Waals surface area contributed by atoms with Gasteiger partial charge in [-0.2, -0.15) is 10.2 Å². The highest BCUT2D eigenvalue weighted by molar-refractivity contribution is 5.95. The molecule has 4 N–H and O–H groups in total. The molecule has 266 valence electrons. The lowest BCUT2D eigenvalue weighted by molar-refractivity contribution is -0.149. The number of guanidine groups is 1. The van der Waals surface area contributed by atoms with Crippen molar-refractivity contribution in [3.05, 3.63) is 138 Å². The molecule has 1 atom stereocenters. The number of allylic oxidation sites excluding steroid dienone is 4. The van der Waals surface area contributed by atoms with Gasteiger partial charge in [-0.25, -0.2) is 4.99 Å². The number of aliphatic imine (C=N–C) groups is 1. The van der Waals surface area contributed by atoms with E-state index < -0.39 is 12.2 Å². The maximum Gasteiger partial charge on any atom is 0.325 e. The lowest BCUT2D eigenvalue weighted by Gasteiger charge is -2.25. The Kier molecular flexibility index (Phi) is 11.6. The van der Waals surface area contributed by atoms with Gasteiger partial charge >= 0.3 is 5.97 Å². The summed E-state index contributed by atoms with van der Waals surface area (Å²) in [5.41, 5.74) is 10.7. The molecule has 2 amide bonds. The monoisotopic (exact) mass is 700 g/mol. The summed E-state index contributed by atoms with van der Waals surface area (Å²) >= 11 is 0. The summed E-state index contributed by atoms with van der Waals surface area (Å²) < 4.78 is 12.8. The first kappa shape index (κ1) is 35.5. The number of nitrogens with one attached hydrogen (secondary N) is 2. The Morgan fingerprint density at radius 1 is 0.942 bits per heavy atom. The number of rotatable bonds is 15. The zero-order chi connectivity index (χ0) is 36.3. The van der Waals surface area contributed by atoms with E-state index in [1.807, 2.05) is 72.8 Å². The summed E-state index contributed by atoms with van der Waals surface area (Å²) in [6.07, 6.45) is 9.41. The number of hydrogen-bond acceptors (Lipinski definition) is 10. The van der Waals surface area contributed by atoms with Gasteiger partial charge in [0.1, 0.15) is 18.9 Å². The Labute approximate surface area is 301 Å². The highest BCUT2D eigenvalue weighted by Gasteiger charge is 2.26. The number of fused-ring (bicyclic) bond motifs is 1. The van der Waals surface area contributed by atoms with E-state index in [2.05, 4.69) is 38.0 Å². The van der Waals surface area contributed by atoms with Gasteiger partial charge in [-0.3, -0.25) is 14.4 Å². The van der Waals surface area contributed by atoms with E-state index in [0.717, 1.165) is 16.8 Å². The Morgan fingerprint density at radius 3 is 2.33 bits per heavy atom. The fraction of sp³-hybridized carbons (Fsp3) is 0.231. The predicted molar refractivity (Wildman–Crippen MR) is 197 cm³/mol. The first-order valence-corrected chi connectivity index (χ1v) is 17.0. The molecule has 0 saturated carbocycles. The summed E-state index contributed by atoms with van der Waals surface area (Å²) in [5.74, 6) is -0.238. The van der Waals surface area contributed by atoms with Gasteiger partial charge in [-0.1, -0.05) is 66.8 Å². The van der Waals surface area contributed by atoms with Gasteiger partial charge in [0, 0.05) is 36.3 Å². The highest BCUT2D eigenvalue weighted by Crippen LogP contribution is 2.32. The average Bonchev–Trinajstić information content (AvgIpc) is 3.84. The number of nitrogens with zero attached hydrogens (tertiary/aromatic N) is 5. The largest absolute Gasteiger partial charge is 0.465 e. The normalized spacial score (nSPS) is 14.9. The van der Waals surface area contributed by atoms with Crippen LogP contribution in [0, 0.1) is 0 Å². The van der Waals surface area contributed by atoms with Crippen LogP contribution in [0.25, 0.3) is 0 Å². The third kappa shape index (κ3) is 9.25. The molecule has 52 heavy (non-hydrogen) atoms. The lowest BCUT2D eigenvalue weighted by atomic mass is 10.0. The lowest BCUT2D eigenvalue weighted by Crippen LogP contribution is -2.43. The van der Waals surface area contributed by atoms with Crippen LogP contribution in [0.1, 0.15) is 46.1 Å². The molecule has 0 bridgehead atoms. The molecule has 13 nitrogen and oxygen atoms in total. The van der Waals surface area contributed by atoms with E-state index in [-0.39, 0.29) is 56.5 Å². The Bertz CT molecular complexity index is 1970. The van der Waals surface area contributed by atoms with Crippen LogP contribution in [0.15, 0.2) is 131 Å². The molecule has 1 unspecified atom stereocenters. The zero-order valence-corrected chi connectivity index (χ0v) is 28.7. The van der Waals surface area contributed by atoms with Gasteiger partial charge in [-0.15, -0.1) is 0 Å². The molecule has 0 spiro atoms. The van der Waals surface area contributed by atoms with Crippen molar-refractivity contribution in [2.45, 2.75) is 32.2 Å². The van der Waals surface area contributed by atoms with E-state index in [0.29, 0.717) is 23.7 Å². The second-order valence-corrected chi connectivity index (χ2v) is 12.0. The molecule has 4 aromatic rings. The summed E-state index contributed by atoms with van der Waals surface area (Å²) in [7, 11) is 0. The molecule has 0 fully saturated rings. The minimum absolute atomic E-state index is 0.0745. The van der Waals surface area contributed by atoms with Crippen LogP contribution in [-0.4, -0.2) is 59.5 Å². The van der Waals surface area contributed by atoms with Crippen molar-refractivity contribution in [2.75, 3.05) is 31.6 Å². The van der Waals surface area contributed by atoms with Crippen LogP contribution in [0.5, 0.6) is 0 Å². The fourth-order valence-electron chi connectivity index (χ4n) is 5.71. The van der Waals surface area contributed by atoms with Crippen molar-refractivity contribution >= 4 is 40.9 Å². The van der Waals surface area contributed by atoms with Crippen LogP contribution >= 0.6 is 0 Å². The Balaban J connectivity index is 1.03. The number of hydrogen-bond donors (Lipinski definition) is 3. The van der Waals surface area contributed by atoms with Crippen molar-refractivity contribution in [3.63, 3.8) is 0 Å². The van der Waals surface area contributed by atoms with Crippen LogP contribution in [0.3, 0.4) is 0 Å². The quantitative estimate of drug-likeness (QED) is 0.103. The number of esters is 1. The third-order valence-corrected chi connectivity index (χ3v) is 8.40. The van der Waals surface area contributed by atoms with Gasteiger partial charge in [0.05, 0.1) is 24.6 Å². The van der Waals surface area contributed by atoms with Gasteiger partial charge in [0.25, 0.3) is 5.91 Å². The van der Waals surface area contributed by atoms with Gasteiger partial charge in [0.15, 0.2) is 12.2 Å². The van der Waals surface area contributed by atoms with Crippen LogP contribution in [0.2, 0.25) is 0 Å². The number of azo groups is 1. The summed E-state index contributed by atoms with van der Waals surface area (Å²) in [6.45, 7) is 1.99. The fourth-order valence-corrected chi connectivity index (χ4v) is 5.71. The molecular formula is C39H40N8O5. The van der Waals surface area contributed by atoms with Crippen LogP contribution in [-0.2, 0) is 32.2 Å². The van der Waals surface area contributed by atoms with Gasteiger partial charge < -0.3 is 35.3 Å². The summed E-state index contributed by atoms with van der Waals surface area (Å²) in [5, 5.41) is 14.4. The summed E-state index contributed by atoms with van der Waals surface area (Å²) in [6, 6.07) is 26.1. The molecule has 1 aliphatic heterocycles. The Hall–Kier alpha value is -6.34. The van der Waals surface area contributed by atoms with E-state index >= 15 is 0 Å². The standard InChI is InChI=1S/C39H40N8O5/c1-2-51-35(49)25-46(34(48)24-47-22-20-33-36(47)42-39(40)43-38(33)52-26-27-8-4-3-5-9-27)23-21-41-37(50)30-14-18-32(19-15-30)45-44-31-16-12-29(13-17-31)28-10-6-7-11-28/h3-20,22,28,38H,2,21,23-26H2,1H3,(H,41,50)(H3,40,42,43). The molecule has 0 saturated heterocycles. The molecule has 0 radical (unpaired) electrons. The zero-order valence-electron chi connectivity index (χ0n) is 28.7. The smallest absolute Gasteiger partial charge is 0.325 e. The van der Waals surface area contributed by atoms with E-state index in [1.165, 1.54) is 10.5 Å². The number of anilines is 1. The minimum Gasteiger partial charge on any atom is -0.465 e. The van der Waals surface area contributed by atoms with E-state index in [1.54, 1.807) is 42.0 Å². The molecule has 3 aromatic carbocycles. The number of aromatic nitrogens is 1. The average molecular weight is 701 g/mol. The first-order chi connectivity index (χ1) is 25.4. The van der Waals surface area contributed by atoms with E-state index in [9.17, 15) is 14.4 Å². The summed E-state index contributed by atoms with van der Waals surface area (Å²) in [4.78, 5) is 44.7. The Morgan fingerprint density at radius 2 is 1.63 bits per heavy atom. The first-order valence-electron chi connectivity index (χ1n) is 17.0. The molecule has 2 heterocycles. The van der Waals surface area contributed by atoms with Crippen LogP contribution < -0.4 is 16.4 Å². The number of carbonyl (C=O) groups excluding carboxylic acids is 3. The van der Waals surface area contributed by atoms with Crippen molar-refractivity contribution in [1.29, 1.82) is 0 Å². The van der Waals surface area contributed by atoms with E-state index in [4.69, 9.17) is 15.2 Å². The second kappa shape index (κ2) is 17.1. The minimum atomic E-state index is -0.662. The molecule has 13 heteroatoms. The topological polar surface area (TPSA) is 165 Å². The van der Waals surface area contributed by atoms with Gasteiger partial charge in [-0.05, 0) is 60.5 Å². The second-order valence-electron chi connectivity index (χ2n) is 12.0. The molecule has 1 aromatic heterocycles. The maximum atomic E-state index is 13.6. The third-order valence-electron chi connectivity index (χ3n) is 8.40. The molecule has 1 aliphatic carbocycles. The molecular weight excluding hydrogens is 660 g/mol. The van der Waals surface area contributed by atoms with Crippen molar-refractivity contribution in [3.8, 4) is 0 Å². The SMILES string of the molecule is CCOC(=O)CN(CCNC(=O)c1ccc(N=Nc2ccc(C3C=CC=C3)cc2)cc1)C(=O)Cn1ccc2c1NC(N)=NC2OCc1ccccc1. The predicted octanol–water partition coefficient (Wildman–Crippen LogP) is 5.89. The molecule has 6 rings (SSSR count). The van der Waals surface area contributed by atoms with Gasteiger partial charge in [0.2, 0.25) is 5.91 Å². The van der Waals surface area contributed by atoms with Crippen LogP contribution in [0.4, 0.5) is 17.2 Å². The maximum absolute atomic E-state index is 13.6. The number of ether oxygens (including phenoxy) is 2. The van der Waals surface area contributed by atoms with Crippen molar-refractivity contribution in [1.82, 2.24) is 14.8 Å². The highest BCUT2D eigenvalue weighted by atomic mass is 16.5. The van der Waals surface area contributed by atoms with Crippen molar-refractivity contribution < 1.29 is 23.9 Å². The van der Waals surface area contributed by atoms with Crippen molar-refractivity contribution in [2.24, 2.45) is 21.0 Å². The molecule has 2 aliphatic rings. The number of nitrogens with two attached hydrogens (primary N) is 1. The number of benzene rings is 3. The number of carbonyl (C=O) groups is 3.